The van der Waals surface area contributed by atoms with Gasteiger partial charge in [-0.05, 0) is 38.1 Å². The molecule has 1 aromatic rings. The summed E-state index contributed by atoms with van der Waals surface area (Å²) >= 11 is 0. The topological polar surface area (TPSA) is 15.3 Å². The third-order valence-electron chi connectivity index (χ3n) is 3.48. The maximum absolute atomic E-state index is 13.7. The molecule has 0 aromatic heterocycles. The average Bonchev–Trinajstić information content (AvgIpc) is 2.86. The maximum Gasteiger partial charge on any atom is 0.130 e. The summed E-state index contributed by atoms with van der Waals surface area (Å²) in [6, 6.07) is 4.46. The van der Waals surface area contributed by atoms with Gasteiger partial charge in [0.1, 0.15) is 11.6 Å². The van der Waals surface area contributed by atoms with Crippen LogP contribution in [0.4, 0.5) is 8.78 Å². The van der Waals surface area contributed by atoms with Crippen molar-refractivity contribution in [3.8, 4) is 0 Å². The van der Waals surface area contributed by atoms with Gasteiger partial charge >= 0.3 is 0 Å². The molecule has 1 aliphatic heterocycles. The monoisotopic (exact) mass is 290 g/mol. The van der Waals surface area contributed by atoms with Crippen molar-refractivity contribution in [3.05, 3.63) is 35.4 Å². The number of halogens is 3. The molecule has 0 saturated carbocycles. The zero-order chi connectivity index (χ0) is 13.0. The Kier molecular flexibility index (Phi) is 6.69. The van der Waals surface area contributed by atoms with Crippen LogP contribution in [0, 0.1) is 11.6 Å². The molecule has 1 atom stereocenters. The third-order valence-corrected chi connectivity index (χ3v) is 3.48. The Morgan fingerprint density at radius 3 is 2.53 bits per heavy atom. The molecule has 108 valence electrons. The van der Waals surface area contributed by atoms with Crippen LogP contribution in [0.1, 0.15) is 25.3 Å². The summed E-state index contributed by atoms with van der Waals surface area (Å²) < 4.78 is 27.3. The molecule has 0 aliphatic carbocycles. The fraction of sp³-hybridized carbons (Fsp3) is 0.571. The van der Waals surface area contributed by atoms with Crippen molar-refractivity contribution in [3.63, 3.8) is 0 Å². The van der Waals surface area contributed by atoms with Gasteiger partial charge in [-0.15, -0.1) is 12.4 Å². The Labute approximate surface area is 119 Å². The summed E-state index contributed by atoms with van der Waals surface area (Å²) in [4.78, 5) is 2.18. The highest BCUT2D eigenvalue weighted by atomic mass is 35.5. The van der Waals surface area contributed by atoms with Gasteiger partial charge in [-0.2, -0.15) is 0 Å². The lowest BCUT2D eigenvalue weighted by Gasteiger charge is -2.28. The van der Waals surface area contributed by atoms with Crippen LogP contribution in [-0.2, 0) is 6.54 Å². The van der Waals surface area contributed by atoms with Crippen molar-refractivity contribution in [2.24, 2.45) is 0 Å². The van der Waals surface area contributed by atoms with Gasteiger partial charge in [-0.1, -0.05) is 13.0 Å². The van der Waals surface area contributed by atoms with Crippen molar-refractivity contribution >= 4 is 12.4 Å². The smallest absolute Gasteiger partial charge is 0.130 e. The van der Waals surface area contributed by atoms with Crippen LogP contribution in [0.2, 0.25) is 0 Å². The molecule has 1 unspecified atom stereocenters. The number of hydrogen-bond acceptors (Lipinski definition) is 2. The van der Waals surface area contributed by atoms with Gasteiger partial charge in [-0.25, -0.2) is 8.78 Å². The number of nitrogens with one attached hydrogen (secondary N) is 1. The molecule has 1 fully saturated rings. The Morgan fingerprint density at radius 1 is 1.32 bits per heavy atom. The Bertz CT molecular complexity index is 375. The maximum atomic E-state index is 13.7. The number of hydrogen-bond donors (Lipinski definition) is 1. The summed E-state index contributed by atoms with van der Waals surface area (Å²) in [5.74, 6) is -0.885. The van der Waals surface area contributed by atoms with Crippen LogP contribution in [0.25, 0.3) is 0 Å². The highest BCUT2D eigenvalue weighted by molar-refractivity contribution is 5.85. The molecule has 1 N–H and O–H groups in total. The first-order valence-corrected chi connectivity index (χ1v) is 6.60. The quantitative estimate of drug-likeness (QED) is 0.897. The van der Waals surface area contributed by atoms with E-state index in [2.05, 4.69) is 17.1 Å². The van der Waals surface area contributed by atoms with Gasteiger partial charge in [0, 0.05) is 24.7 Å². The first kappa shape index (κ1) is 16.3. The fourth-order valence-corrected chi connectivity index (χ4v) is 2.52. The number of rotatable bonds is 5. The van der Waals surface area contributed by atoms with Crippen LogP contribution in [-0.4, -0.2) is 30.6 Å². The SMILES string of the molecule is CCCN(Cc1c(F)cccc1F)C1CCNC1.Cl. The predicted molar refractivity (Wildman–Crippen MR) is 75.6 cm³/mol. The van der Waals surface area contributed by atoms with E-state index in [1.807, 2.05) is 0 Å². The summed E-state index contributed by atoms with van der Waals surface area (Å²) in [5.41, 5.74) is 0.192. The zero-order valence-electron chi connectivity index (χ0n) is 11.2. The summed E-state index contributed by atoms with van der Waals surface area (Å²) in [7, 11) is 0. The molecule has 1 saturated heterocycles. The second-order valence-electron chi connectivity index (χ2n) is 4.82. The van der Waals surface area contributed by atoms with E-state index in [4.69, 9.17) is 0 Å². The summed E-state index contributed by atoms with van der Waals surface area (Å²) in [6.07, 6.45) is 2.04. The molecular formula is C14H21ClF2N2. The Hall–Kier alpha value is -0.710. The van der Waals surface area contributed by atoms with Gasteiger partial charge < -0.3 is 5.32 Å². The Balaban J connectivity index is 0.00000180. The minimum atomic E-state index is -0.443. The van der Waals surface area contributed by atoms with Gasteiger partial charge in [0.2, 0.25) is 0 Å². The lowest BCUT2D eigenvalue weighted by Crippen LogP contribution is -2.37. The molecule has 0 spiro atoms. The van der Waals surface area contributed by atoms with Crippen molar-refractivity contribution in [1.82, 2.24) is 10.2 Å². The van der Waals surface area contributed by atoms with E-state index in [1.165, 1.54) is 18.2 Å². The van der Waals surface area contributed by atoms with Crippen LogP contribution in [0.15, 0.2) is 18.2 Å². The molecule has 5 heteroatoms. The lowest BCUT2D eigenvalue weighted by atomic mass is 10.1. The van der Waals surface area contributed by atoms with Crippen LogP contribution in [0.3, 0.4) is 0 Å². The van der Waals surface area contributed by atoms with Crippen LogP contribution < -0.4 is 5.32 Å². The molecule has 1 aliphatic rings. The van der Waals surface area contributed by atoms with E-state index < -0.39 is 11.6 Å². The second kappa shape index (κ2) is 7.78. The molecular weight excluding hydrogens is 270 g/mol. The number of benzene rings is 1. The molecule has 2 rings (SSSR count). The standard InChI is InChI=1S/C14H20F2N2.ClH/c1-2-8-18(11-6-7-17-9-11)10-12-13(15)4-3-5-14(12)16;/h3-5,11,17H,2,6-10H2,1H3;1H. The normalized spacial score (nSPS) is 18.6. The van der Waals surface area contributed by atoms with Gasteiger partial charge in [0.25, 0.3) is 0 Å². The van der Waals surface area contributed by atoms with E-state index in [9.17, 15) is 8.78 Å². The van der Waals surface area contributed by atoms with Crippen molar-refractivity contribution in [1.29, 1.82) is 0 Å². The first-order chi connectivity index (χ1) is 8.72. The minimum absolute atomic E-state index is 0. The van der Waals surface area contributed by atoms with Crippen molar-refractivity contribution in [2.75, 3.05) is 19.6 Å². The molecule has 1 heterocycles. The Morgan fingerprint density at radius 2 is 2.00 bits per heavy atom. The third kappa shape index (κ3) is 4.13. The highest BCUT2D eigenvalue weighted by Crippen LogP contribution is 2.18. The molecule has 2 nitrogen and oxygen atoms in total. The van der Waals surface area contributed by atoms with E-state index in [0.29, 0.717) is 12.6 Å². The van der Waals surface area contributed by atoms with Gasteiger partial charge in [-0.3, -0.25) is 4.90 Å². The summed E-state index contributed by atoms with van der Waals surface area (Å²) in [5, 5.41) is 3.30. The zero-order valence-corrected chi connectivity index (χ0v) is 12.0. The van der Waals surface area contributed by atoms with Crippen LogP contribution in [0.5, 0.6) is 0 Å². The highest BCUT2D eigenvalue weighted by Gasteiger charge is 2.23. The second-order valence-corrected chi connectivity index (χ2v) is 4.82. The average molecular weight is 291 g/mol. The molecule has 0 radical (unpaired) electrons. The number of nitrogens with zero attached hydrogens (tertiary/aromatic N) is 1. The molecule has 0 amide bonds. The minimum Gasteiger partial charge on any atom is -0.315 e. The van der Waals surface area contributed by atoms with Crippen LogP contribution >= 0.6 is 12.4 Å². The van der Waals surface area contributed by atoms with E-state index in [1.54, 1.807) is 0 Å². The largest absolute Gasteiger partial charge is 0.315 e. The van der Waals surface area contributed by atoms with E-state index in [0.717, 1.165) is 32.5 Å². The van der Waals surface area contributed by atoms with Crippen molar-refractivity contribution in [2.45, 2.75) is 32.4 Å². The van der Waals surface area contributed by atoms with E-state index >= 15 is 0 Å². The summed E-state index contributed by atoms with van der Waals surface area (Å²) in [6.45, 7) is 5.23. The molecule has 19 heavy (non-hydrogen) atoms. The van der Waals surface area contributed by atoms with Gasteiger partial charge in [0.15, 0.2) is 0 Å². The first-order valence-electron chi connectivity index (χ1n) is 6.60. The molecule has 0 bridgehead atoms. The molecule has 1 aromatic carbocycles. The fourth-order valence-electron chi connectivity index (χ4n) is 2.52. The lowest BCUT2D eigenvalue weighted by molar-refractivity contribution is 0.194. The van der Waals surface area contributed by atoms with E-state index in [-0.39, 0.29) is 18.0 Å². The predicted octanol–water partition coefficient (Wildman–Crippen LogP) is 2.96. The van der Waals surface area contributed by atoms with Gasteiger partial charge in [0.05, 0.1) is 0 Å². The van der Waals surface area contributed by atoms with Crippen molar-refractivity contribution < 1.29 is 8.78 Å².